The van der Waals surface area contributed by atoms with E-state index >= 15 is 0 Å². The third-order valence-electron chi connectivity index (χ3n) is 3.72. The molecule has 0 bridgehead atoms. The highest BCUT2D eigenvalue weighted by molar-refractivity contribution is 5.93. The number of para-hydroxylation sites is 2. The molecule has 1 fully saturated rings. The molecule has 0 aliphatic heterocycles. The maximum Gasteiger partial charge on any atom is 0.225 e. The molecule has 1 aromatic rings. The van der Waals surface area contributed by atoms with Gasteiger partial charge in [0.15, 0.2) is 0 Å². The summed E-state index contributed by atoms with van der Waals surface area (Å²) in [6.45, 7) is 4.17. The molecule has 0 radical (unpaired) electrons. The third-order valence-corrected chi connectivity index (χ3v) is 3.72. The van der Waals surface area contributed by atoms with Gasteiger partial charge in [0.1, 0.15) is 0 Å². The fraction of sp³-hybridized carbons (Fsp3) is 0.562. The van der Waals surface area contributed by atoms with Crippen LogP contribution in [0.2, 0.25) is 0 Å². The Labute approximate surface area is 121 Å². The zero-order valence-electron chi connectivity index (χ0n) is 12.3. The van der Waals surface area contributed by atoms with E-state index in [1.165, 1.54) is 25.7 Å². The molecular formula is C16H25N3O. The Kier molecular flexibility index (Phi) is 5.41. The summed E-state index contributed by atoms with van der Waals surface area (Å²) in [5.41, 5.74) is 7.15. The van der Waals surface area contributed by atoms with E-state index in [2.05, 4.69) is 17.1 Å². The van der Waals surface area contributed by atoms with Crippen molar-refractivity contribution < 1.29 is 4.79 Å². The van der Waals surface area contributed by atoms with Crippen LogP contribution in [0.15, 0.2) is 24.3 Å². The summed E-state index contributed by atoms with van der Waals surface area (Å²) in [5, 5.41) is 2.89. The zero-order valence-corrected chi connectivity index (χ0v) is 12.3. The van der Waals surface area contributed by atoms with Gasteiger partial charge in [-0.3, -0.25) is 9.69 Å². The molecule has 1 saturated carbocycles. The lowest BCUT2D eigenvalue weighted by Crippen LogP contribution is -2.30. The highest BCUT2D eigenvalue weighted by atomic mass is 16.1. The number of unbranched alkanes of at least 4 members (excludes halogenated alkanes) is 1. The van der Waals surface area contributed by atoms with Crippen LogP contribution in [0, 0.1) is 0 Å². The molecule has 20 heavy (non-hydrogen) atoms. The van der Waals surface area contributed by atoms with Gasteiger partial charge in [0.25, 0.3) is 0 Å². The number of nitrogens with two attached hydrogens (primary N) is 1. The highest BCUT2D eigenvalue weighted by Crippen LogP contribution is 2.27. The van der Waals surface area contributed by atoms with Crippen LogP contribution in [0.3, 0.4) is 0 Å². The second-order valence-corrected chi connectivity index (χ2v) is 5.51. The minimum absolute atomic E-state index is 0.0463. The van der Waals surface area contributed by atoms with Gasteiger partial charge in [0.2, 0.25) is 5.91 Å². The normalized spacial score (nSPS) is 14.5. The van der Waals surface area contributed by atoms with Crippen LogP contribution in [-0.4, -0.2) is 29.9 Å². The number of carbonyl (C=O) groups excluding carboxylic acids is 1. The van der Waals surface area contributed by atoms with Crippen molar-refractivity contribution in [2.45, 2.75) is 45.1 Å². The fourth-order valence-electron chi connectivity index (χ4n) is 2.35. The standard InChI is InChI=1S/C16H25N3O/c1-2-3-11-19(13-8-9-13)12-10-16(20)18-15-7-5-4-6-14(15)17/h4-7,13H,2-3,8-12,17H2,1H3,(H,18,20). The van der Waals surface area contributed by atoms with Crippen molar-refractivity contribution in [1.29, 1.82) is 0 Å². The van der Waals surface area contributed by atoms with E-state index < -0.39 is 0 Å². The molecule has 1 aromatic carbocycles. The number of nitrogen functional groups attached to an aromatic ring is 1. The minimum atomic E-state index is 0.0463. The predicted molar refractivity (Wildman–Crippen MR) is 83.6 cm³/mol. The summed E-state index contributed by atoms with van der Waals surface area (Å²) < 4.78 is 0. The largest absolute Gasteiger partial charge is 0.397 e. The molecule has 0 aromatic heterocycles. The van der Waals surface area contributed by atoms with Gasteiger partial charge in [-0.05, 0) is 37.9 Å². The number of carbonyl (C=O) groups is 1. The summed E-state index contributed by atoms with van der Waals surface area (Å²) in [6, 6.07) is 8.10. The molecule has 0 spiro atoms. The molecule has 1 aliphatic carbocycles. The van der Waals surface area contributed by atoms with Gasteiger partial charge in [-0.1, -0.05) is 25.5 Å². The first kappa shape index (κ1) is 14.9. The maximum absolute atomic E-state index is 12.0. The molecule has 4 heteroatoms. The average molecular weight is 275 g/mol. The highest BCUT2D eigenvalue weighted by Gasteiger charge is 2.28. The van der Waals surface area contributed by atoms with Crippen molar-refractivity contribution in [3.05, 3.63) is 24.3 Å². The average Bonchev–Trinajstić information content (AvgIpc) is 3.26. The molecular weight excluding hydrogens is 250 g/mol. The van der Waals surface area contributed by atoms with Crippen molar-refractivity contribution >= 4 is 17.3 Å². The topological polar surface area (TPSA) is 58.4 Å². The molecule has 1 aliphatic rings. The number of anilines is 2. The van der Waals surface area contributed by atoms with Gasteiger partial charge in [0.05, 0.1) is 11.4 Å². The van der Waals surface area contributed by atoms with Crippen LogP contribution in [0.25, 0.3) is 0 Å². The number of benzene rings is 1. The first-order chi connectivity index (χ1) is 9.70. The van der Waals surface area contributed by atoms with Crippen molar-refractivity contribution in [3.8, 4) is 0 Å². The van der Waals surface area contributed by atoms with Crippen molar-refractivity contribution in [2.75, 3.05) is 24.1 Å². The number of nitrogens with one attached hydrogen (secondary N) is 1. The van der Waals surface area contributed by atoms with Gasteiger partial charge in [-0.2, -0.15) is 0 Å². The molecule has 0 atom stereocenters. The Morgan fingerprint density at radius 1 is 1.35 bits per heavy atom. The van der Waals surface area contributed by atoms with Crippen LogP contribution in [0.1, 0.15) is 39.0 Å². The monoisotopic (exact) mass is 275 g/mol. The number of nitrogens with zero attached hydrogens (tertiary/aromatic N) is 1. The summed E-state index contributed by atoms with van der Waals surface area (Å²) in [4.78, 5) is 14.4. The summed E-state index contributed by atoms with van der Waals surface area (Å²) in [6.07, 6.45) is 5.53. The lowest BCUT2D eigenvalue weighted by molar-refractivity contribution is -0.116. The first-order valence-corrected chi connectivity index (χ1v) is 7.59. The van der Waals surface area contributed by atoms with Crippen LogP contribution < -0.4 is 11.1 Å². The summed E-state index contributed by atoms with van der Waals surface area (Å²) in [7, 11) is 0. The molecule has 3 N–H and O–H groups in total. The van der Waals surface area contributed by atoms with E-state index in [1.807, 2.05) is 18.2 Å². The van der Waals surface area contributed by atoms with Gasteiger partial charge in [-0.25, -0.2) is 0 Å². The van der Waals surface area contributed by atoms with Gasteiger partial charge < -0.3 is 11.1 Å². The van der Waals surface area contributed by atoms with Gasteiger partial charge in [-0.15, -0.1) is 0 Å². The van der Waals surface area contributed by atoms with E-state index in [-0.39, 0.29) is 5.91 Å². The number of hydrogen-bond donors (Lipinski definition) is 2. The minimum Gasteiger partial charge on any atom is -0.397 e. The Balaban J connectivity index is 1.77. The Morgan fingerprint density at radius 2 is 2.10 bits per heavy atom. The van der Waals surface area contributed by atoms with Gasteiger partial charge >= 0.3 is 0 Å². The Hall–Kier alpha value is -1.55. The lowest BCUT2D eigenvalue weighted by atomic mass is 10.2. The maximum atomic E-state index is 12.0. The Bertz CT molecular complexity index is 443. The van der Waals surface area contributed by atoms with Crippen molar-refractivity contribution in [3.63, 3.8) is 0 Å². The lowest BCUT2D eigenvalue weighted by Gasteiger charge is -2.21. The molecule has 0 saturated heterocycles. The summed E-state index contributed by atoms with van der Waals surface area (Å²) >= 11 is 0. The molecule has 4 nitrogen and oxygen atoms in total. The van der Waals surface area contributed by atoms with Crippen molar-refractivity contribution in [2.24, 2.45) is 0 Å². The van der Waals surface area contributed by atoms with E-state index in [0.717, 1.165) is 19.1 Å². The predicted octanol–water partition coefficient (Wildman–Crippen LogP) is 2.86. The second kappa shape index (κ2) is 7.29. The van der Waals surface area contributed by atoms with Crippen LogP contribution in [0.4, 0.5) is 11.4 Å². The molecule has 110 valence electrons. The molecule has 1 amide bonds. The van der Waals surface area contributed by atoms with Gasteiger partial charge in [0, 0.05) is 19.0 Å². The van der Waals surface area contributed by atoms with Crippen molar-refractivity contribution in [1.82, 2.24) is 4.90 Å². The molecule has 2 rings (SSSR count). The Morgan fingerprint density at radius 3 is 2.75 bits per heavy atom. The first-order valence-electron chi connectivity index (χ1n) is 7.59. The smallest absolute Gasteiger partial charge is 0.225 e. The zero-order chi connectivity index (χ0) is 14.4. The summed E-state index contributed by atoms with van der Waals surface area (Å²) in [5.74, 6) is 0.0463. The van der Waals surface area contributed by atoms with E-state index in [0.29, 0.717) is 17.8 Å². The molecule has 0 heterocycles. The number of amides is 1. The van der Waals surface area contributed by atoms with E-state index in [1.54, 1.807) is 6.07 Å². The SMILES string of the molecule is CCCCN(CCC(=O)Nc1ccccc1N)C1CC1. The van der Waals surface area contributed by atoms with E-state index in [4.69, 9.17) is 5.73 Å². The number of rotatable bonds is 8. The quantitative estimate of drug-likeness (QED) is 0.717. The van der Waals surface area contributed by atoms with E-state index in [9.17, 15) is 4.79 Å². The third kappa shape index (κ3) is 4.53. The molecule has 0 unspecified atom stereocenters. The number of hydrogen-bond acceptors (Lipinski definition) is 3. The van der Waals surface area contributed by atoms with Crippen LogP contribution >= 0.6 is 0 Å². The van der Waals surface area contributed by atoms with Crippen LogP contribution in [-0.2, 0) is 4.79 Å². The van der Waals surface area contributed by atoms with Crippen LogP contribution in [0.5, 0.6) is 0 Å². The fourth-order valence-corrected chi connectivity index (χ4v) is 2.35. The second-order valence-electron chi connectivity index (χ2n) is 5.51.